The van der Waals surface area contributed by atoms with E-state index in [2.05, 4.69) is 5.97 Å². The van der Waals surface area contributed by atoms with Gasteiger partial charge in [0.1, 0.15) is 0 Å². The highest BCUT2D eigenvalue weighted by Gasteiger charge is 2.47. The molecule has 0 atom stereocenters. The van der Waals surface area contributed by atoms with Crippen molar-refractivity contribution in [2.45, 2.75) is 44.4 Å². The van der Waals surface area contributed by atoms with Crippen LogP contribution in [0.15, 0.2) is 0 Å². The van der Waals surface area contributed by atoms with Crippen molar-refractivity contribution in [3.05, 3.63) is 0 Å². The molecule has 0 amide bonds. The smallest absolute Gasteiger partial charge is 0.268 e. The summed E-state index contributed by atoms with van der Waals surface area (Å²) in [5.41, 5.74) is 0.472. The summed E-state index contributed by atoms with van der Waals surface area (Å²) in [6.07, 6.45) is 6.33. The van der Waals surface area contributed by atoms with Crippen LogP contribution in [0.4, 0.5) is 0 Å². The first-order chi connectivity index (χ1) is 5.74. The van der Waals surface area contributed by atoms with Crippen LogP contribution in [0.1, 0.15) is 25.7 Å². The van der Waals surface area contributed by atoms with Gasteiger partial charge < -0.3 is 5.11 Å². The number of rotatable bonds is 0. The number of hydrogen-bond donors (Lipinski definition) is 1. The number of nitrogens with zero attached hydrogens (tertiary/aromatic N) is 1. The summed E-state index contributed by atoms with van der Waals surface area (Å²) in [5.74, 6) is 2.32. The van der Waals surface area contributed by atoms with Crippen molar-refractivity contribution in [3.63, 3.8) is 0 Å². The first-order valence-corrected chi connectivity index (χ1v) is 4.82. The lowest BCUT2D eigenvalue weighted by atomic mass is 9.26. The summed E-state index contributed by atoms with van der Waals surface area (Å²) in [5, 5.41) is 18.0. The average molecular weight is 163 g/mol. The fraction of sp³-hybridized carbons (Fsp3) is 0.889. The van der Waals surface area contributed by atoms with Gasteiger partial charge in [-0.2, -0.15) is 0 Å². The van der Waals surface area contributed by atoms with Gasteiger partial charge in [-0.15, -0.1) is 0 Å². The van der Waals surface area contributed by atoms with Gasteiger partial charge in [0.05, 0.1) is 6.10 Å². The van der Waals surface area contributed by atoms with Crippen molar-refractivity contribution in [2.75, 3.05) is 0 Å². The molecule has 0 bridgehead atoms. The van der Waals surface area contributed by atoms with Crippen LogP contribution in [0.25, 0.3) is 0 Å². The van der Waals surface area contributed by atoms with Crippen LogP contribution in [0.3, 0.4) is 0 Å². The number of nitriles is 1. The topological polar surface area (TPSA) is 44.0 Å². The van der Waals surface area contributed by atoms with E-state index >= 15 is 0 Å². The van der Waals surface area contributed by atoms with Crippen LogP contribution < -0.4 is 0 Å². The van der Waals surface area contributed by atoms with E-state index in [0.717, 1.165) is 38.3 Å². The average Bonchev–Trinajstić information content (AvgIpc) is 2.02. The van der Waals surface area contributed by atoms with Crippen LogP contribution in [0.2, 0.25) is 12.6 Å². The van der Waals surface area contributed by atoms with E-state index in [9.17, 15) is 5.11 Å². The highest BCUT2D eigenvalue weighted by Crippen LogP contribution is 2.52. The van der Waals surface area contributed by atoms with E-state index < -0.39 is 0 Å². The predicted molar refractivity (Wildman–Crippen MR) is 47.9 cm³/mol. The Bertz CT molecular complexity index is 207. The second kappa shape index (κ2) is 2.78. The van der Waals surface area contributed by atoms with Crippen molar-refractivity contribution in [1.82, 2.24) is 0 Å². The molecular weight excluding hydrogens is 149 g/mol. The van der Waals surface area contributed by atoms with Gasteiger partial charge in [-0.3, -0.25) is 0 Å². The first kappa shape index (κ1) is 8.13. The molecule has 1 saturated heterocycles. The lowest BCUT2D eigenvalue weighted by Crippen LogP contribution is -2.44. The summed E-state index contributed by atoms with van der Waals surface area (Å²) >= 11 is 0. The van der Waals surface area contributed by atoms with Gasteiger partial charge in [0.2, 0.25) is 0 Å². The fourth-order valence-corrected chi connectivity index (χ4v) is 2.70. The third-order valence-corrected chi connectivity index (χ3v) is 3.56. The minimum atomic E-state index is -0.0586. The third-order valence-electron chi connectivity index (χ3n) is 3.56. The minimum absolute atomic E-state index is 0.0586. The summed E-state index contributed by atoms with van der Waals surface area (Å²) < 4.78 is 0. The zero-order valence-electron chi connectivity index (χ0n) is 7.29. The minimum Gasteiger partial charge on any atom is -0.393 e. The highest BCUT2D eigenvalue weighted by atomic mass is 16.3. The summed E-state index contributed by atoms with van der Waals surface area (Å²) in [4.78, 5) is 0. The molecule has 0 aromatic rings. The lowest BCUT2D eigenvalue weighted by Gasteiger charge is -2.47. The molecule has 0 unspecified atom stereocenters. The van der Waals surface area contributed by atoms with Crippen LogP contribution >= 0.6 is 0 Å². The standard InChI is InChI=1S/C9H14BNO/c11-7-10-5-9(6-10)3-1-8(12)2-4-9/h8,12H,1-6H2. The zero-order valence-corrected chi connectivity index (χ0v) is 7.29. The molecule has 2 rings (SSSR count). The van der Waals surface area contributed by atoms with Crippen LogP contribution in [0.5, 0.6) is 0 Å². The molecule has 0 radical (unpaired) electrons. The molecule has 2 nitrogen and oxygen atoms in total. The molecule has 1 spiro atoms. The molecule has 2 fully saturated rings. The zero-order chi connectivity index (χ0) is 8.60. The SMILES string of the molecule is N#CB1CC2(CCC(O)CC2)C1. The molecule has 1 N–H and O–H groups in total. The third kappa shape index (κ3) is 1.25. The Kier molecular flexibility index (Phi) is 1.88. The van der Waals surface area contributed by atoms with Crippen molar-refractivity contribution in [3.8, 4) is 5.97 Å². The van der Waals surface area contributed by atoms with Gasteiger partial charge in [-0.25, -0.2) is 5.26 Å². The second-order valence-electron chi connectivity index (χ2n) is 4.47. The number of hydrogen-bond acceptors (Lipinski definition) is 2. The Morgan fingerprint density at radius 1 is 1.33 bits per heavy atom. The van der Waals surface area contributed by atoms with Crippen molar-refractivity contribution >= 4 is 6.71 Å². The van der Waals surface area contributed by atoms with E-state index in [0.29, 0.717) is 12.1 Å². The van der Waals surface area contributed by atoms with Crippen molar-refractivity contribution in [1.29, 1.82) is 5.26 Å². The summed E-state index contributed by atoms with van der Waals surface area (Å²) in [6.45, 7) is 0.320. The lowest BCUT2D eigenvalue weighted by molar-refractivity contribution is 0.0720. The van der Waals surface area contributed by atoms with Gasteiger partial charge in [-0.05, 0) is 31.1 Å². The maximum atomic E-state index is 9.32. The summed E-state index contributed by atoms with van der Waals surface area (Å²) in [7, 11) is 0. The highest BCUT2D eigenvalue weighted by molar-refractivity contribution is 6.70. The van der Waals surface area contributed by atoms with Crippen molar-refractivity contribution < 1.29 is 5.11 Å². The van der Waals surface area contributed by atoms with E-state index in [4.69, 9.17) is 5.26 Å². The molecule has 3 heteroatoms. The fourth-order valence-electron chi connectivity index (χ4n) is 2.70. The molecule has 2 aliphatic rings. The van der Waals surface area contributed by atoms with Gasteiger partial charge in [0, 0.05) is 5.97 Å². The van der Waals surface area contributed by atoms with E-state index in [-0.39, 0.29) is 6.10 Å². The Balaban J connectivity index is 1.88. The molecule has 1 aliphatic heterocycles. The Labute approximate surface area is 73.7 Å². The molecule has 0 aromatic carbocycles. The molecule has 1 heterocycles. The Hall–Kier alpha value is -0.485. The molecule has 64 valence electrons. The van der Waals surface area contributed by atoms with Gasteiger partial charge in [0.15, 0.2) is 0 Å². The number of aliphatic hydroxyl groups excluding tert-OH is 1. The monoisotopic (exact) mass is 163 g/mol. The van der Waals surface area contributed by atoms with Crippen molar-refractivity contribution in [2.24, 2.45) is 5.41 Å². The normalized spacial score (nSPS) is 28.2. The quantitative estimate of drug-likeness (QED) is 0.549. The Morgan fingerprint density at radius 2 is 1.92 bits per heavy atom. The van der Waals surface area contributed by atoms with E-state index in [1.807, 2.05) is 0 Å². The maximum Gasteiger partial charge on any atom is 0.268 e. The summed E-state index contributed by atoms with van der Waals surface area (Å²) in [6, 6.07) is 0. The molecular formula is C9H14BNO. The largest absolute Gasteiger partial charge is 0.393 e. The number of aliphatic hydroxyl groups is 1. The van der Waals surface area contributed by atoms with E-state index in [1.165, 1.54) is 0 Å². The van der Waals surface area contributed by atoms with Crippen LogP contribution in [-0.4, -0.2) is 17.9 Å². The van der Waals surface area contributed by atoms with Crippen LogP contribution in [0, 0.1) is 16.6 Å². The molecule has 1 saturated carbocycles. The molecule has 12 heavy (non-hydrogen) atoms. The molecule has 0 aromatic heterocycles. The predicted octanol–water partition coefficient (Wildman–Crippen LogP) is 1.48. The van der Waals surface area contributed by atoms with Gasteiger partial charge in [-0.1, -0.05) is 12.6 Å². The van der Waals surface area contributed by atoms with Crippen LogP contribution in [-0.2, 0) is 0 Å². The van der Waals surface area contributed by atoms with Gasteiger partial charge >= 0.3 is 0 Å². The van der Waals surface area contributed by atoms with Gasteiger partial charge in [0.25, 0.3) is 6.71 Å². The molecule has 1 aliphatic carbocycles. The first-order valence-electron chi connectivity index (χ1n) is 4.82. The Morgan fingerprint density at radius 3 is 2.42 bits per heavy atom. The maximum absolute atomic E-state index is 9.32. The second-order valence-corrected chi connectivity index (χ2v) is 4.47. The van der Waals surface area contributed by atoms with E-state index in [1.54, 1.807) is 0 Å².